The average molecular weight is 412 g/mol. The molecule has 128 valence electrons. The van der Waals surface area contributed by atoms with Gasteiger partial charge in [0, 0.05) is 38.3 Å². The lowest BCUT2D eigenvalue weighted by molar-refractivity contribution is 0.173. The molecule has 0 aliphatic rings. The summed E-state index contributed by atoms with van der Waals surface area (Å²) in [6.07, 6.45) is 1.14. The van der Waals surface area contributed by atoms with Crippen molar-refractivity contribution < 1.29 is 0 Å². The van der Waals surface area contributed by atoms with E-state index in [0.717, 1.165) is 38.6 Å². The molecule has 0 aromatic carbocycles. The van der Waals surface area contributed by atoms with Crippen LogP contribution in [-0.4, -0.2) is 49.1 Å². The van der Waals surface area contributed by atoms with Crippen LogP contribution >= 0.6 is 24.0 Å². The number of nitrogens with zero attached hydrogens (tertiary/aromatic N) is 2. The first-order valence-corrected chi connectivity index (χ1v) is 8.16. The summed E-state index contributed by atoms with van der Waals surface area (Å²) in [5, 5.41) is 6.72. The molecule has 0 unspecified atom stereocenters. The fraction of sp³-hybridized carbons (Fsp3) is 0.938. The average Bonchev–Trinajstić information content (AvgIpc) is 2.34. The second kappa shape index (κ2) is 13.6. The van der Waals surface area contributed by atoms with Crippen molar-refractivity contribution >= 4 is 29.9 Å². The second-order valence-electron chi connectivity index (χ2n) is 6.32. The van der Waals surface area contributed by atoms with Gasteiger partial charge in [0.1, 0.15) is 0 Å². The van der Waals surface area contributed by atoms with Gasteiger partial charge in [-0.05, 0) is 47.0 Å². The van der Waals surface area contributed by atoms with Gasteiger partial charge in [-0.3, -0.25) is 9.89 Å². The topological polar surface area (TPSA) is 39.7 Å². The highest BCUT2D eigenvalue weighted by atomic mass is 127. The number of halogens is 1. The smallest absolute Gasteiger partial charge is 0.191 e. The molecule has 0 rings (SSSR count). The fourth-order valence-corrected chi connectivity index (χ4v) is 2.20. The SMILES string of the molecule is CCNC(=NCC(C)C)NCCCN(C(C)C)C(C)C.I. The predicted octanol–water partition coefficient (Wildman–Crippen LogP) is 3.32. The zero-order valence-electron chi connectivity index (χ0n) is 15.1. The Morgan fingerprint density at radius 2 is 1.57 bits per heavy atom. The van der Waals surface area contributed by atoms with E-state index in [1.54, 1.807) is 0 Å². The van der Waals surface area contributed by atoms with Gasteiger partial charge in [-0.2, -0.15) is 0 Å². The van der Waals surface area contributed by atoms with Crippen molar-refractivity contribution in [2.75, 3.05) is 26.2 Å². The molecule has 0 amide bonds. The molecule has 0 heterocycles. The molecule has 0 atom stereocenters. The van der Waals surface area contributed by atoms with Crippen molar-refractivity contribution in [2.45, 2.75) is 67.0 Å². The van der Waals surface area contributed by atoms with E-state index >= 15 is 0 Å². The van der Waals surface area contributed by atoms with E-state index < -0.39 is 0 Å². The molecule has 4 nitrogen and oxygen atoms in total. The van der Waals surface area contributed by atoms with Gasteiger partial charge in [0.15, 0.2) is 5.96 Å². The van der Waals surface area contributed by atoms with Gasteiger partial charge in [0.25, 0.3) is 0 Å². The molecule has 0 fully saturated rings. The molecule has 21 heavy (non-hydrogen) atoms. The van der Waals surface area contributed by atoms with Crippen molar-refractivity contribution in [3.05, 3.63) is 0 Å². The maximum Gasteiger partial charge on any atom is 0.191 e. The van der Waals surface area contributed by atoms with E-state index in [1.165, 1.54) is 0 Å². The fourth-order valence-electron chi connectivity index (χ4n) is 2.20. The molecule has 0 aromatic rings. The van der Waals surface area contributed by atoms with Crippen LogP contribution in [-0.2, 0) is 0 Å². The third kappa shape index (κ3) is 12.2. The highest BCUT2D eigenvalue weighted by molar-refractivity contribution is 14.0. The Balaban J connectivity index is 0. The minimum Gasteiger partial charge on any atom is -0.357 e. The normalized spacial score (nSPS) is 12.2. The molecule has 0 aliphatic heterocycles. The van der Waals surface area contributed by atoms with Crippen LogP contribution in [0.15, 0.2) is 4.99 Å². The monoisotopic (exact) mass is 412 g/mol. The van der Waals surface area contributed by atoms with Gasteiger partial charge < -0.3 is 10.6 Å². The van der Waals surface area contributed by atoms with Crippen LogP contribution in [0.2, 0.25) is 0 Å². The third-order valence-electron chi connectivity index (χ3n) is 3.17. The first-order chi connectivity index (χ1) is 9.38. The standard InChI is InChI=1S/C16H36N4.HI/c1-8-17-16(19-12-13(2)3)18-10-9-11-20(14(4)5)15(6)7;/h13-15H,8-12H2,1-7H3,(H2,17,18,19);1H. The highest BCUT2D eigenvalue weighted by Gasteiger charge is 2.12. The lowest BCUT2D eigenvalue weighted by Gasteiger charge is -2.30. The summed E-state index contributed by atoms with van der Waals surface area (Å²) in [6.45, 7) is 19.4. The number of rotatable bonds is 9. The first kappa shape index (κ1) is 23.2. The number of aliphatic imine (C=N–C) groups is 1. The van der Waals surface area contributed by atoms with Gasteiger partial charge >= 0.3 is 0 Å². The maximum absolute atomic E-state index is 4.58. The van der Waals surface area contributed by atoms with E-state index in [2.05, 4.69) is 69.0 Å². The molecule has 0 radical (unpaired) electrons. The van der Waals surface area contributed by atoms with Gasteiger partial charge in [0.2, 0.25) is 0 Å². The molecular formula is C16H37IN4. The van der Waals surface area contributed by atoms with Crippen molar-refractivity contribution in [2.24, 2.45) is 10.9 Å². The molecule has 0 aromatic heterocycles. The van der Waals surface area contributed by atoms with Gasteiger partial charge in [-0.15, -0.1) is 24.0 Å². The third-order valence-corrected chi connectivity index (χ3v) is 3.17. The Hall–Kier alpha value is -0.0400. The minimum absolute atomic E-state index is 0. The Morgan fingerprint density at radius 3 is 2.00 bits per heavy atom. The van der Waals surface area contributed by atoms with Crippen molar-refractivity contribution in [3.63, 3.8) is 0 Å². The van der Waals surface area contributed by atoms with Crippen LogP contribution in [0.5, 0.6) is 0 Å². The van der Waals surface area contributed by atoms with Crippen LogP contribution < -0.4 is 10.6 Å². The van der Waals surface area contributed by atoms with Gasteiger partial charge in [-0.1, -0.05) is 13.8 Å². The molecule has 0 aliphatic carbocycles. The van der Waals surface area contributed by atoms with Crippen molar-refractivity contribution in [1.29, 1.82) is 0 Å². The summed E-state index contributed by atoms with van der Waals surface area (Å²) >= 11 is 0. The van der Waals surface area contributed by atoms with Gasteiger partial charge in [-0.25, -0.2) is 0 Å². The van der Waals surface area contributed by atoms with Crippen LogP contribution in [0.4, 0.5) is 0 Å². The number of hydrogen-bond donors (Lipinski definition) is 2. The van der Waals surface area contributed by atoms with Gasteiger partial charge in [0.05, 0.1) is 0 Å². The van der Waals surface area contributed by atoms with E-state index in [9.17, 15) is 0 Å². The van der Waals surface area contributed by atoms with Crippen LogP contribution in [0.3, 0.4) is 0 Å². The summed E-state index contributed by atoms with van der Waals surface area (Å²) in [7, 11) is 0. The molecule has 5 heteroatoms. The quantitative estimate of drug-likeness (QED) is 0.264. The summed E-state index contributed by atoms with van der Waals surface area (Å²) in [5.41, 5.74) is 0. The summed E-state index contributed by atoms with van der Waals surface area (Å²) in [4.78, 5) is 7.11. The van der Waals surface area contributed by atoms with Crippen LogP contribution in [0.1, 0.15) is 54.9 Å². The Morgan fingerprint density at radius 1 is 1.00 bits per heavy atom. The lowest BCUT2D eigenvalue weighted by atomic mass is 10.2. The molecule has 0 saturated heterocycles. The Bertz CT molecular complexity index is 257. The van der Waals surface area contributed by atoms with Crippen LogP contribution in [0.25, 0.3) is 0 Å². The summed E-state index contributed by atoms with van der Waals surface area (Å²) in [5.74, 6) is 1.55. The van der Waals surface area contributed by atoms with Crippen molar-refractivity contribution in [3.8, 4) is 0 Å². The largest absolute Gasteiger partial charge is 0.357 e. The highest BCUT2D eigenvalue weighted by Crippen LogP contribution is 2.05. The lowest BCUT2D eigenvalue weighted by Crippen LogP contribution is -2.41. The summed E-state index contributed by atoms with van der Waals surface area (Å²) < 4.78 is 0. The first-order valence-electron chi connectivity index (χ1n) is 8.16. The molecule has 2 N–H and O–H groups in total. The van der Waals surface area contributed by atoms with E-state index in [4.69, 9.17) is 0 Å². The Kier molecular flexibility index (Phi) is 15.1. The summed E-state index contributed by atoms with van der Waals surface area (Å²) in [6, 6.07) is 1.22. The Labute approximate surface area is 149 Å². The maximum atomic E-state index is 4.58. The van der Waals surface area contributed by atoms with E-state index in [-0.39, 0.29) is 24.0 Å². The zero-order valence-corrected chi connectivity index (χ0v) is 17.4. The zero-order chi connectivity index (χ0) is 15.5. The predicted molar refractivity (Wildman–Crippen MR) is 106 cm³/mol. The number of nitrogens with one attached hydrogen (secondary N) is 2. The molecular weight excluding hydrogens is 375 g/mol. The van der Waals surface area contributed by atoms with Crippen molar-refractivity contribution in [1.82, 2.24) is 15.5 Å². The van der Waals surface area contributed by atoms with Crippen LogP contribution in [0, 0.1) is 5.92 Å². The molecule has 0 saturated carbocycles. The number of hydrogen-bond acceptors (Lipinski definition) is 2. The van der Waals surface area contributed by atoms with E-state index in [0.29, 0.717) is 18.0 Å². The second-order valence-corrected chi connectivity index (χ2v) is 6.32. The molecule has 0 spiro atoms. The van der Waals surface area contributed by atoms with E-state index in [1.807, 2.05) is 0 Å². The molecule has 0 bridgehead atoms. The number of guanidine groups is 1. The minimum atomic E-state index is 0.